The van der Waals surface area contributed by atoms with Gasteiger partial charge in [-0.2, -0.15) is 0 Å². The van der Waals surface area contributed by atoms with Crippen molar-refractivity contribution in [1.82, 2.24) is 9.88 Å². The Bertz CT molecular complexity index is 1490. The molecule has 0 atom stereocenters. The number of hydrogen-bond acceptors (Lipinski definition) is 9. The molecule has 1 heterocycles. The minimum absolute atomic E-state index is 0.00726. The number of nitrogens with zero attached hydrogens (tertiary/aromatic N) is 1. The maximum atomic E-state index is 13.9. The zero-order valence-electron chi connectivity index (χ0n) is 23.7. The van der Waals surface area contributed by atoms with Gasteiger partial charge < -0.3 is 33.7 Å². The molecule has 1 aromatic heterocycles. The highest BCUT2D eigenvalue weighted by Crippen LogP contribution is 2.43. The quantitative estimate of drug-likeness (QED) is 0.337. The summed E-state index contributed by atoms with van der Waals surface area (Å²) in [7, 11) is 7.16. The molecule has 1 amide bonds. The predicted molar refractivity (Wildman–Crippen MR) is 153 cm³/mol. The molecular weight excluding hydrogens is 588 g/mol. The molecule has 0 aliphatic heterocycles. The lowest BCUT2D eigenvalue weighted by Crippen LogP contribution is -2.37. The minimum Gasteiger partial charge on any atom is -0.493 e. The number of pyridine rings is 1. The second-order valence-corrected chi connectivity index (χ2v) is 10.4. The zero-order valence-corrected chi connectivity index (χ0v) is 25.3. The molecule has 0 fully saturated rings. The van der Waals surface area contributed by atoms with E-state index in [1.54, 1.807) is 45.0 Å². The summed E-state index contributed by atoms with van der Waals surface area (Å²) in [6, 6.07) is 6.61. The topological polar surface area (TPSA) is 124 Å². The average molecular weight is 621 g/mol. The predicted octanol–water partition coefficient (Wildman–Crippen LogP) is 4.78. The molecule has 40 heavy (non-hydrogen) atoms. The largest absolute Gasteiger partial charge is 0.493 e. The van der Waals surface area contributed by atoms with Crippen LogP contribution in [0.4, 0.5) is 4.79 Å². The highest BCUT2D eigenvalue weighted by Gasteiger charge is 2.27. The van der Waals surface area contributed by atoms with Gasteiger partial charge in [0.2, 0.25) is 0 Å². The van der Waals surface area contributed by atoms with Gasteiger partial charge >= 0.3 is 12.1 Å². The first kappa shape index (κ1) is 30.6. The van der Waals surface area contributed by atoms with E-state index in [2.05, 4.69) is 21.2 Å². The van der Waals surface area contributed by atoms with Gasteiger partial charge in [-0.25, -0.2) is 9.59 Å². The summed E-state index contributed by atoms with van der Waals surface area (Å²) in [5.74, 6) is 0.767. The minimum atomic E-state index is -0.757. The van der Waals surface area contributed by atoms with Crippen molar-refractivity contribution < 1.29 is 38.0 Å². The Hall–Kier alpha value is -3.93. The highest BCUT2D eigenvalue weighted by atomic mass is 79.9. The van der Waals surface area contributed by atoms with Gasteiger partial charge in [0.25, 0.3) is 5.56 Å². The fourth-order valence-electron chi connectivity index (χ4n) is 4.23. The monoisotopic (exact) mass is 620 g/mol. The highest BCUT2D eigenvalue weighted by molar-refractivity contribution is 9.10. The molecule has 0 radical (unpaired) electrons. The first-order valence-electron chi connectivity index (χ1n) is 12.2. The van der Waals surface area contributed by atoms with E-state index in [0.29, 0.717) is 44.0 Å². The number of rotatable bonds is 9. The Morgan fingerprint density at radius 1 is 0.875 bits per heavy atom. The van der Waals surface area contributed by atoms with E-state index in [1.165, 1.54) is 40.1 Å². The number of fused-ring (bicyclic) bond motifs is 1. The maximum absolute atomic E-state index is 13.9. The first-order chi connectivity index (χ1) is 18.9. The van der Waals surface area contributed by atoms with Crippen LogP contribution in [0.15, 0.2) is 33.5 Å². The van der Waals surface area contributed by atoms with Gasteiger partial charge in [0.15, 0.2) is 23.0 Å². The molecular formula is C28H33BrN2O9. The van der Waals surface area contributed by atoms with E-state index in [0.717, 1.165) is 0 Å². The van der Waals surface area contributed by atoms with Crippen molar-refractivity contribution in [1.29, 1.82) is 0 Å². The lowest BCUT2D eigenvalue weighted by Gasteiger charge is -2.22. The van der Waals surface area contributed by atoms with E-state index in [1.807, 2.05) is 0 Å². The molecule has 216 valence electrons. The van der Waals surface area contributed by atoms with Crippen LogP contribution in [0.5, 0.6) is 23.0 Å². The lowest BCUT2D eigenvalue weighted by molar-refractivity contribution is 0.0526. The van der Waals surface area contributed by atoms with Crippen molar-refractivity contribution in [3.63, 3.8) is 0 Å². The summed E-state index contributed by atoms with van der Waals surface area (Å²) in [6.07, 6.45) is -0.656. The zero-order chi connectivity index (χ0) is 29.8. The Kier molecular flexibility index (Phi) is 9.56. The van der Waals surface area contributed by atoms with E-state index in [9.17, 15) is 14.4 Å². The number of halogens is 1. The Morgan fingerprint density at radius 3 is 2.00 bits per heavy atom. The normalized spacial score (nSPS) is 11.1. The molecule has 0 saturated carbocycles. The Labute approximate surface area is 240 Å². The molecule has 3 aromatic rings. The van der Waals surface area contributed by atoms with Gasteiger partial charge in [-0.15, -0.1) is 0 Å². The number of carbonyl (C=O) groups is 2. The van der Waals surface area contributed by atoms with E-state index in [4.69, 9.17) is 28.4 Å². The molecule has 0 aliphatic carbocycles. The molecule has 12 heteroatoms. The van der Waals surface area contributed by atoms with Crippen molar-refractivity contribution in [3.8, 4) is 34.1 Å². The first-order valence-corrected chi connectivity index (χ1v) is 13.0. The fraction of sp³-hybridized carbons (Fsp3) is 0.393. The van der Waals surface area contributed by atoms with Crippen molar-refractivity contribution >= 4 is 38.8 Å². The second-order valence-electron chi connectivity index (χ2n) is 9.55. The van der Waals surface area contributed by atoms with Crippen LogP contribution in [0.2, 0.25) is 0 Å². The average Bonchev–Trinajstić information content (AvgIpc) is 2.91. The fourth-order valence-corrected chi connectivity index (χ4v) is 4.84. The van der Waals surface area contributed by atoms with Crippen molar-refractivity contribution in [2.45, 2.75) is 32.9 Å². The summed E-state index contributed by atoms with van der Waals surface area (Å²) < 4.78 is 34.2. The number of carbonyl (C=O) groups excluding carboxylic acids is 2. The molecule has 0 unspecified atom stereocenters. The van der Waals surface area contributed by atoms with Crippen LogP contribution in [0.1, 0.15) is 31.3 Å². The van der Waals surface area contributed by atoms with Crippen LogP contribution < -0.4 is 29.8 Å². The van der Waals surface area contributed by atoms with Crippen LogP contribution >= 0.6 is 15.9 Å². The van der Waals surface area contributed by atoms with Gasteiger partial charge in [-0.05, 0) is 66.5 Å². The van der Waals surface area contributed by atoms with Gasteiger partial charge in [0.1, 0.15) is 11.3 Å². The summed E-state index contributed by atoms with van der Waals surface area (Å²) in [5, 5.41) is 3.30. The lowest BCUT2D eigenvalue weighted by atomic mass is 9.95. The number of methoxy groups -OCH3 is 5. The van der Waals surface area contributed by atoms with Crippen LogP contribution in [0.3, 0.4) is 0 Å². The summed E-state index contributed by atoms with van der Waals surface area (Å²) >= 11 is 3.51. The van der Waals surface area contributed by atoms with Crippen LogP contribution in [0.25, 0.3) is 21.9 Å². The molecule has 0 bridgehead atoms. The van der Waals surface area contributed by atoms with Crippen molar-refractivity contribution in [2.75, 3.05) is 42.1 Å². The molecule has 1 N–H and O–H groups in total. The molecule has 0 saturated heterocycles. The Balaban J connectivity index is 2.38. The van der Waals surface area contributed by atoms with Crippen LogP contribution in [-0.4, -0.2) is 64.3 Å². The summed E-state index contributed by atoms with van der Waals surface area (Å²) in [4.78, 5) is 39.5. The third-order valence-corrected chi connectivity index (χ3v) is 6.47. The smallest absolute Gasteiger partial charge is 0.407 e. The number of amides is 1. The van der Waals surface area contributed by atoms with E-state index >= 15 is 0 Å². The summed E-state index contributed by atoms with van der Waals surface area (Å²) in [5.41, 5.74) is -0.328. The van der Waals surface area contributed by atoms with Crippen LogP contribution in [-0.2, 0) is 16.0 Å². The van der Waals surface area contributed by atoms with Gasteiger partial charge in [0.05, 0.1) is 45.4 Å². The third kappa shape index (κ3) is 6.27. The van der Waals surface area contributed by atoms with Gasteiger partial charge in [-0.3, -0.25) is 9.36 Å². The molecule has 0 spiro atoms. The van der Waals surface area contributed by atoms with Gasteiger partial charge in [0, 0.05) is 24.0 Å². The number of nitrogens with one attached hydrogen (secondary N) is 1. The van der Waals surface area contributed by atoms with Crippen molar-refractivity contribution in [3.05, 3.63) is 44.8 Å². The Morgan fingerprint density at radius 2 is 1.48 bits per heavy atom. The SMILES string of the molecule is COC(=O)c1c(-c2cc(Br)c(OC)c(OC)c2)c2cc(OC)c(OC)cc2c(=O)n1CCNC(=O)OC(C)(C)C. The molecule has 3 rings (SSSR count). The number of hydrogen-bond donors (Lipinski definition) is 1. The van der Waals surface area contributed by atoms with Crippen LogP contribution in [0, 0.1) is 0 Å². The maximum Gasteiger partial charge on any atom is 0.407 e. The number of alkyl carbamates (subject to hydrolysis) is 1. The standard InChI is InChI=1S/C28H33BrN2O9/c1-28(2,3)40-27(34)30-9-10-31-23(26(33)39-8)22(15-11-18(29)24(38-7)21(12-15)37-6)16-13-19(35-4)20(36-5)14-17(16)25(31)32/h11-14H,9-10H2,1-8H3,(H,30,34). The number of benzene rings is 2. The van der Waals surface area contributed by atoms with E-state index < -0.39 is 23.2 Å². The molecule has 11 nitrogen and oxygen atoms in total. The number of aromatic nitrogens is 1. The number of ether oxygens (including phenoxy) is 6. The van der Waals surface area contributed by atoms with Gasteiger partial charge in [-0.1, -0.05) is 0 Å². The van der Waals surface area contributed by atoms with Crippen molar-refractivity contribution in [2.24, 2.45) is 0 Å². The molecule has 0 aliphatic rings. The third-order valence-electron chi connectivity index (χ3n) is 5.88. The molecule has 2 aromatic carbocycles. The summed E-state index contributed by atoms with van der Waals surface area (Å²) in [6.45, 7) is 5.15. The second kappa shape index (κ2) is 12.5. The van der Waals surface area contributed by atoms with E-state index in [-0.39, 0.29) is 24.2 Å². The number of esters is 1.